The average Bonchev–Trinajstić information content (AvgIpc) is 2.33. The van der Waals surface area contributed by atoms with Crippen molar-refractivity contribution >= 4 is 11.6 Å². The van der Waals surface area contributed by atoms with Crippen molar-refractivity contribution in [2.45, 2.75) is 38.4 Å². The summed E-state index contributed by atoms with van der Waals surface area (Å²) in [6.45, 7) is 3.72. The number of benzene rings is 1. The van der Waals surface area contributed by atoms with Gasteiger partial charge in [-0.3, -0.25) is 0 Å². The van der Waals surface area contributed by atoms with Crippen LogP contribution in [0.2, 0.25) is 5.02 Å². The summed E-state index contributed by atoms with van der Waals surface area (Å²) in [5.74, 6) is -0.470. The second kappa shape index (κ2) is 5.80. The minimum Gasteiger partial charge on any atom is -0.390 e. The van der Waals surface area contributed by atoms with Gasteiger partial charge in [0, 0.05) is 13.5 Å². The molecular weight excluding hydrogens is 243 g/mol. The number of rotatable bonds is 5. The number of hydrogen-bond acceptors (Lipinski definition) is 2. The highest BCUT2D eigenvalue weighted by Gasteiger charge is 2.31. The highest BCUT2D eigenvalue weighted by atomic mass is 35.5. The van der Waals surface area contributed by atoms with Crippen LogP contribution >= 0.6 is 11.6 Å². The Labute approximate surface area is 106 Å². The van der Waals surface area contributed by atoms with Crippen molar-refractivity contribution in [1.29, 1.82) is 0 Å². The lowest BCUT2D eigenvalue weighted by Crippen LogP contribution is -2.42. The Morgan fingerprint density at radius 3 is 2.71 bits per heavy atom. The summed E-state index contributed by atoms with van der Waals surface area (Å²) in [6, 6.07) is 4.78. The molecule has 96 valence electrons. The first-order chi connectivity index (χ1) is 7.94. The monoisotopic (exact) mass is 260 g/mol. The van der Waals surface area contributed by atoms with Gasteiger partial charge in [0.25, 0.3) is 0 Å². The smallest absolute Gasteiger partial charge is 0.145 e. The van der Waals surface area contributed by atoms with Crippen LogP contribution in [-0.4, -0.2) is 23.9 Å². The molecule has 4 heteroatoms. The quantitative estimate of drug-likeness (QED) is 0.881. The molecule has 1 rings (SSSR count). The van der Waals surface area contributed by atoms with E-state index in [1.54, 1.807) is 26.2 Å². The third-order valence-electron chi connectivity index (χ3n) is 3.32. The number of aliphatic hydroxyl groups is 1. The molecule has 17 heavy (non-hydrogen) atoms. The van der Waals surface area contributed by atoms with Crippen molar-refractivity contribution in [1.82, 2.24) is 0 Å². The molecule has 0 heterocycles. The predicted octanol–water partition coefficient (Wildman–Crippen LogP) is 3.20. The molecule has 2 unspecified atom stereocenters. The lowest BCUT2D eigenvalue weighted by molar-refractivity contribution is -0.0916. The second-order valence-electron chi connectivity index (χ2n) is 4.30. The minimum atomic E-state index is -0.773. The Balaban J connectivity index is 2.88. The lowest BCUT2D eigenvalue weighted by atomic mass is 9.90. The highest BCUT2D eigenvalue weighted by molar-refractivity contribution is 6.30. The number of ether oxygens (including phenoxy) is 1. The second-order valence-corrected chi connectivity index (χ2v) is 4.71. The molecule has 0 fully saturated rings. The normalized spacial score (nSPS) is 16.6. The summed E-state index contributed by atoms with van der Waals surface area (Å²) >= 11 is 5.69. The molecule has 0 saturated heterocycles. The van der Waals surface area contributed by atoms with Crippen LogP contribution in [0, 0.1) is 5.82 Å². The maximum Gasteiger partial charge on any atom is 0.145 e. The first-order valence-corrected chi connectivity index (χ1v) is 5.98. The molecule has 0 saturated carbocycles. The van der Waals surface area contributed by atoms with E-state index in [0.717, 1.165) is 0 Å². The summed E-state index contributed by atoms with van der Waals surface area (Å²) in [7, 11) is 1.54. The van der Waals surface area contributed by atoms with E-state index >= 15 is 0 Å². The largest absolute Gasteiger partial charge is 0.390 e. The van der Waals surface area contributed by atoms with Gasteiger partial charge in [0.1, 0.15) is 5.82 Å². The Morgan fingerprint density at radius 2 is 2.18 bits per heavy atom. The summed E-state index contributed by atoms with van der Waals surface area (Å²) < 4.78 is 19.0. The van der Waals surface area contributed by atoms with Gasteiger partial charge in [-0.05, 0) is 25.0 Å². The Kier molecular flexibility index (Phi) is 4.92. The van der Waals surface area contributed by atoms with Crippen LogP contribution in [0.5, 0.6) is 0 Å². The van der Waals surface area contributed by atoms with Crippen molar-refractivity contribution < 1.29 is 14.2 Å². The van der Waals surface area contributed by atoms with Gasteiger partial charge in [-0.15, -0.1) is 0 Å². The summed E-state index contributed by atoms with van der Waals surface area (Å²) in [5.41, 5.74) is -0.267. The number of halogens is 2. The van der Waals surface area contributed by atoms with Crippen LogP contribution in [0.25, 0.3) is 0 Å². The van der Waals surface area contributed by atoms with E-state index < -0.39 is 17.5 Å². The Bertz CT molecular complexity index is 378. The fraction of sp³-hybridized carbons (Fsp3) is 0.538. The Morgan fingerprint density at radius 1 is 1.53 bits per heavy atom. The van der Waals surface area contributed by atoms with Crippen LogP contribution in [0.15, 0.2) is 18.2 Å². The van der Waals surface area contributed by atoms with Gasteiger partial charge in [0.05, 0.1) is 16.7 Å². The molecule has 0 amide bonds. The van der Waals surface area contributed by atoms with Gasteiger partial charge in [-0.2, -0.15) is 0 Å². The third kappa shape index (κ3) is 3.18. The molecule has 0 bridgehead atoms. The summed E-state index contributed by atoms with van der Waals surface area (Å²) in [5, 5.41) is 10.2. The molecule has 0 spiro atoms. The molecular formula is C13H18ClFO2. The van der Waals surface area contributed by atoms with E-state index in [1.807, 2.05) is 6.92 Å². The number of methoxy groups -OCH3 is 1. The van der Waals surface area contributed by atoms with Gasteiger partial charge in [-0.1, -0.05) is 30.7 Å². The molecule has 0 aromatic heterocycles. The molecule has 2 atom stereocenters. The zero-order chi connectivity index (χ0) is 13.1. The van der Waals surface area contributed by atoms with Crippen molar-refractivity contribution in [3.63, 3.8) is 0 Å². The Hall–Kier alpha value is -0.640. The van der Waals surface area contributed by atoms with Gasteiger partial charge >= 0.3 is 0 Å². The minimum absolute atomic E-state index is 0.0744. The first kappa shape index (κ1) is 14.4. The average molecular weight is 261 g/mol. The third-order valence-corrected chi connectivity index (χ3v) is 3.61. The van der Waals surface area contributed by atoms with Gasteiger partial charge in [0.2, 0.25) is 0 Å². The zero-order valence-electron chi connectivity index (χ0n) is 10.3. The van der Waals surface area contributed by atoms with E-state index in [9.17, 15) is 9.50 Å². The zero-order valence-corrected chi connectivity index (χ0v) is 11.1. The molecule has 2 nitrogen and oxygen atoms in total. The van der Waals surface area contributed by atoms with Crippen LogP contribution < -0.4 is 0 Å². The van der Waals surface area contributed by atoms with Crippen LogP contribution in [0.4, 0.5) is 4.39 Å². The fourth-order valence-electron chi connectivity index (χ4n) is 1.65. The fourth-order valence-corrected chi connectivity index (χ4v) is 1.84. The molecule has 1 aromatic rings. The number of hydrogen-bond donors (Lipinski definition) is 1. The van der Waals surface area contributed by atoms with Gasteiger partial charge < -0.3 is 9.84 Å². The highest BCUT2D eigenvalue weighted by Crippen LogP contribution is 2.25. The molecule has 0 radical (unpaired) electrons. The van der Waals surface area contributed by atoms with E-state index in [0.29, 0.717) is 12.0 Å². The first-order valence-electron chi connectivity index (χ1n) is 5.60. The summed E-state index contributed by atoms with van der Waals surface area (Å²) in [6.07, 6.45) is 0.0581. The maximum absolute atomic E-state index is 13.7. The van der Waals surface area contributed by atoms with E-state index in [-0.39, 0.29) is 11.4 Å². The van der Waals surface area contributed by atoms with Crippen molar-refractivity contribution in [2.75, 3.05) is 7.11 Å². The molecule has 1 N–H and O–H groups in total. The van der Waals surface area contributed by atoms with Crippen molar-refractivity contribution in [3.05, 3.63) is 34.6 Å². The molecule has 0 aliphatic carbocycles. The van der Waals surface area contributed by atoms with Crippen molar-refractivity contribution in [3.8, 4) is 0 Å². The SMILES string of the molecule is CCC(C)(OC)C(O)Cc1cccc(Cl)c1F. The lowest BCUT2D eigenvalue weighted by Gasteiger charge is -2.32. The maximum atomic E-state index is 13.7. The van der Waals surface area contributed by atoms with Crippen LogP contribution in [0.3, 0.4) is 0 Å². The van der Waals surface area contributed by atoms with E-state index in [1.165, 1.54) is 6.07 Å². The molecule has 0 aliphatic rings. The standard InChI is InChI=1S/C13H18ClFO2/c1-4-13(2,17-3)11(16)8-9-6-5-7-10(14)12(9)15/h5-7,11,16H,4,8H2,1-3H3. The molecule has 1 aromatic carbocycles. The van der Waals surface area contributed by atoms with E-state index in [4.69, 9.17) is 16.3 Å². The van der Waals surface area contributed by atoms with E-state index in [2.05, 4.69) is 0 Å². The van der Waals surface area contributed by atoms with Crippen LogP contribution in [0.1, 0.15) is 25.8 Å². The van der Waals surface area contributed by atoms with Gasteiger partial charge in [0.15, 0.2) is 0 Å². The van der Waals surface area contributed by atoms with Crippen molar-refractivity contribution in [2.24, 2.45) is 0 Å². The number of aliphatic hydroxyl groups excluding tert-OH is 1. The summed E-state index contributed by atoms with van der Waals surface area (Å²) in [4.78, 5) is 0. The van der Waals surface area contributed by atoms with Crippen LogP contribution in [-0.2, 0) is 11.2 Å². The van der Waals surface area contributed by atoms with Gasteiger partial charge in [-0.25, -0.2) is 4.39 Å². The molecule has 0 aliphatic heterocycles. The topological polar surface area (TPSA) is 29.5 Å². The predicted molar refractivity (Wildman–Crippen MR) is 66.8 cm³/mol.